The number of benzene rings is 1. The first-order valence-electron chi connectivity index (χ1n) is 11.9. The van der Waals surface area contributed by atoms with Gasteiger partial charge in [-0.1, -0.05) is 30.8 Å². The molecule has 2 unspecified atom stereocenters. The quantitative estimate of drug-likeness (QED) is 0.282. The molecule has 1 saturated carbocycles. The summed E-state index contributed by atoms with van der Waals surface area (Å²) in [5, 5.41) is 1.56. The van der Waals surface area contributed by atoms with E-state index in [1.165, 1.54) is 13.1 Å². The van der Waals surface area contributed by atoms with Crippen molar-refractivity contribution in [3.63, 3.8) is 0 Å². The molecule has 4 aromatic rings. The van der Waals surface area contributed by atoms with E-state index in [1.807, 2.05) is 28.9 Å². The minimum Gasteiger partial charge on any atom is -0.460 e. The molecule has 0 amide bonds. The molecule has 3 heterocycles. The number of rotatable bonds is 7. The van der Waals surface area contributed by atoms with Crippen molar-refractivity contribution < 1.29 is 17.9 Å². The molecule has 0 saturated heterocycles. The van der Waals surface area contributed by atoms with Crippen molar-refractivity contribution in [1.82, 2.24) is 18.7 Å². The number of nitrogens with zero attached hydrogens (tertiary/aromatic N) is 4. The molecule has 37 heavy (non-hydrogen) atoms. The van der Waals surface area contributed by atoms with E-state index in [0.29, 0.717) is 12.8 Å². The number of carbonyl (C=O) groups is 1. The number of fused-ring (bicyclic) bond motifs is 2. The van der Waals surface area contributed by atoms with Gasteiger partial charge in [0.05, 0.1) is 15.3 Å². The molecule has 11 heteroatoms. The van der Waals surface area contributed by atoms with Crippen LogP contribution >= 0.6 is 12.2 Å². The third kappa shape index (κ3) is 4.58. The summed E-state index contributed by atoms with van der Waals surface area (Å²) < 4.78 is 35.2. The Morgan fingerprint density at radius 2 is 2.05 bits per heavy atom. The molecule has 9 nitrogen and oxygen atoms in total. The molecule has 5 rings (SSSR count). The average Bonchev–Trinajstić information content (AvgIpc) is 3.36. The van der Waals surface area contributed by atoms with Crippen LogP contribution in [0.3, 0.4) is 0 Å². The van der Waals surface area contributed by atoms with Crippen molar-refractivity contribution in [1.29, 1.82) is 0 Å². The Kier molecular flexibility index (Phi) is 6.69. The van der Waals surface area contributed by atoms with Gasteiger partial charge in [-0.2, -0.15) is 4.31 Å². The number of thiocarbonyl (C=S) groups is 1. The fraction of sp³-hybridized carbons (Fsp3) is 0.308. The molecule has 1 aromatic carbocycles. The zero-order valence-corrected chi connectivity index (χ0v) is 21.9. The van der Waals surface area contributed by atoms with E-state index in [9.17, 15) is 13.2 Å². The number of sulfonamides is 1. The largest absolute Gasteiger partial charge is 0.460 e. The van der Waals surface area contributed by atoms with E-state index >= 15 is 0 Å². The first-order valence-corrected chi connectivity index (χ1v) is 13.8. The Morgan fingerprint density at radius 3 is 2.86 bits per heavy atom. The number of carbonyl (C=O) groups excluding carboxylic acids is 1. The number of esters is 1. The highest BCUT2D eigenvalue weighted by Gasteiger charge is 2.47. The van der Waals surface area contributed by atoms with Crippen LogP contribution in [0.15, 0.2) is 72.3 Å². The number of hydrogen-bond acceptors (Lipinski definition) is 7. The molecule has 2 atom stereocenters. The first kappa shape index (κ1) is 25.2. The van der Waals surface area contributed by atoms with Crippen molar-refractivity contribution in [3.8, 4) is 0 Å². The van der Waals surface area contributed by atoms with Gasteiger partial charge in [0.25, 0.3) is 0 Å². The van der Waals surface area contributed by atoms with Gasteiger partial charge < -0.3 is 14.9 Å². The zero-order valence-electron chi connectivity index (χ0n) is 20.3. The molecule has 0 aliphatic heterocycles. The van der Waals surface area contributed by atoms with Gasteiger partial charge in [0.15, 0.2) is 0 Å². The maximum absolute atomic E-state index is 13.2. The maximum atomic E-state index is 13.2. The second kappa shape index (κ2) is 9.81. The number of aromatic nitrogens is 3. The summed E-state index contributed by atoms with van der Waals surface area (Å²) in [4.78, 5) is 21.8. The molecule has 1 aliphatic rings. The van der Waals surface area contributed by atoms with E-state index in [4.69, 9.17) is 22.7 Å². The molecule has 0 spiro atoms. The minimum atomic E-state index is -3.93. The van der Waals surface area contributed by atoms with Crippen LogP contribution in [-0.4, -0.2) is 57.7 Å². The van der Waals surface area contributed by atoms with Crippen LogP contribution < -0.4 is 5.73 Å². The highest BCUT2D eigenvalue weighted by molar-refractivity contribution is 7.89. The van der Waals surface area contributed by atoms with Crippen molar-refractivity contribution >= 4 is 49.6 Å². The first-order chi connectivity index (χ1) is 17.7. The van der Waals surface area contributed by atoms with Crippen molar-refractivity contribution in [2.24, 2.45) is 5.73 Å². The van der Waals surface area contributed by atoms with Crippen LogP contribution in [0.1, 0.15) is 31.2 Å². The van der Waals surface area contributed by atoms with Crippen LogP contribution in [0, 0.1) is 0 Å². The number of hydrogen-bond donors (Lipinski definition) is 1. The molecule has 1 fully saturated rings. The fourth-order valence-electron chi connectivity index (χ4n) is 5.10. The number of nitrogens with two attached hydrogens (primary N) is 1. The summed E-state index contributed by atoms with van der Waals surface area (Å²) in [7, 11) is -2.57. The van der Waals surface area contributed by atoms with E-state index in [1.54, 1.807) is 36.8 Å². The lowest BCUT2D eigenvalue weighted by atomic mass is 9.67. The van der Waals surface area contributed by atoms with Gasteiger partial charge in [0, 0.05) is 43.4 Å². The summed E-state index contributed by atoms with van der Waals surface area (Å²) in [6.45, 7) is -0.443. The summed E-state index contributed by atoms with van der Waals surface area (Å²) in [6, 6.07) is 10.3. The highest BCUT2D eigenvalue weighted by Crippen LogP contribution is 2.42. The molecule has 2 N–H and O–H groups in total. The SMILES string of the molecule is CN(CC(=O)OC1CCCCC1(C(N)=S)c1ccc2nccn2c1)S(=O)(=O)c1ccc2cnccc2c1. The normalized spacial score (nSPS) is 20.3. The van der Waals surface area contributed by atoms with E-state index in [2.05, 4.69) is 9.97 Å². The predicted octanol–water partition coefficient (Wildman–Crippen LogP) is 3.21. The second-order valence-corrected chi connectivity index (χ2v) is 11.8. The van der Waals surface area contributed by atoms with Gasteiger partial charge in [-0.05, 0) is 54.5 Å². The number of likely N-dealkylation sites (N-methyl/N-ethyl adjacent to an activating group) is 1. The minimum absolute atomic E-state index is 0.0882. The van der Waals surface area contributed by atoms with Crippen molar-refractivity contribution in [3.05, 3.63) is 72.9 Å². The second-order valence-electron chi connectivity index (χ2n) is 9.32. The topological polar surface area (TPSA) is 120 Å². The van der Waals surface area contributed by atoms with E-state index in [-0.39, 0.29) is 9.88 Å². The zero-order chi connectivity index (χ0) is 26.2. The standard InChI is InChI=1S/C26H27N5O4S2/c1-30(37(33,34)21-7-5-19-15-28-11-9-18(19)14-21)17-24(32)35-22-4-2-3-10-26(22,25(27)36)20-6-8-23-29-12-13-31(23)16-20/h5-9,11-16,22H,2-4,10,17H2,1H3,(H2,27,36). The highest BCUT2D eigenvalue weighted by atomic mass is 32.2. The van der Waals surface area contributed by atoms with Crippen LogP contribution in [0.2, 0.25) is 0 Å². The van der Waals surface area contributed by atoms with Crippen molar-refractivity contribution in [2.75, 3.05) is 13.6 Å². The number of ether oxygens (including phenoxy) is 1. The Balaban J connectivity index is 1.38. The predicted molar refractivity (Wildman–Crippen MR) is 144 cm³/mol. The Bertz CT molecular complexity index is 1600. The maximum Gasteiger partial charge on any atom is 0.321 e. The number of pyridine rings is 2. The van der Waals surface area contributed by atoms with Gasteiger partial charge in [-0.15, -0.1) is 0 Å². The molecular weight excluding hydrogens is 510 g/mol. The van der Waals surface area contributed by atoms with E-state index in [0.717, 1.165) is 39.1 Å². The molecular formula is C26H27N5O4S2. The lowest BCUT2D eigenvalue weighted by molar-refractivity contribution is -0.153. The van der Waals surface area contributed by atoms with Crippen LogP contribution in [0.5, 0.6) is 0 Å². The molecule has 0 radical (unpaired) electrons. The van der Waals surface area contributed by atoms with Gasteiger partial charge in [-0.3, -0.25) is 9.78 Å². The van der Waals surface area contributed by atoms with Crippen LogP contribution in [-0.2, 0) is 25.0 Å². The molecule has 192 valence electrons. The average molecular weight is 538 g/mol. The Hall–Kier alpha value is -3.41. The lowest BCUT2D eigenvalue weighted by Gasteiger charge is -2.43. The summed E-state index contributed by atoms with van der Waals surface area (Å²) in [6.07, 6.45) is 11.0. The molecule has 3 aromatic heterocycles. The third-order valence-electron chi connectivity index (χ3n) is 7.13. The number of imidazole rings is 1. The smallest absolute Gasteiger partial charge is 0.321 e. The Morgan fingerprint density at radius 1 is 1.22 bits per heavy atom. The van der Waals surface area contributed by atoms with Crippen LogP contribution in [0.25, 0.3) is 16.4 Å². The van der Waals surface area contributed by atoms with Gasteiger partial charge in [0.1, 0.15) is 18.3 Å². The summed E-state index contributed by atoms with van der Waals surface area (Å²) in [5.74, 6) is -0.660. The van der Waals surface area contributed by atoms with Gasteiger partial charge >= 0.3 is 5.97 Å². The molecule has 0 bridgehead atoms. The lowest BCUT2D eigenvalue weighted by Crippen LogP contribution is -2.53. The monoisotopic (exact) mass is 537 g/mol. The van der Waals surface area contributed by atoms with Crippen molar-refractivity contribution in [2.45, 2.75) is 42.1 Å². The summed E-state index contributed by atoms with van der Waals surface area (Å²) in [5.41, 5.74) is 7.08. The molecule has 1 aliphatic carbocycles. The third-order valence-corrected chi connectivity index (χ3v) is 9.29. The van der Waals surface area contributed by atoms with Crippen LogP contribution in [0.4, 0.5) is 0 Å². The van der Waals surface area contributed by atoms with Gasteiger partial charge in [0.2, 0.25) is 10.0 Å². The Labute approximate surface area is 220 Å². The van der Waals surface area contributed by atoms with Gasteiger partial charge in [-0.25, -0.2) is 13.4 Å². The summed E-state index contributed by atoms with van der Waals surface area (Å²) >= 11 is 5.54. The fourth-order valence-corrected chi connectivity index (χ4v) is 6.61. The van der Waals surface area contributed by atoms with E-state index < -0.39 is 34.1 Å².